The van der Waals surface area contributed by atoms with Crippen LogP contribution in [-0.2, 0) is 9.84 Å². The van der Waals surface area contributed by atoms with Gasteiger partial charge in [0.2, 0.25) is 0 Å². The Balaban J connectivity index is 2.17. The van der Waals surface area contributed by atoms with Crippen LogP contribution in [0.1, 0.15) is 31.9 Å². The van der Waals surface area contributed by atoms with Gasteiger partial charge in [-0.1, -0.05) is 24.6 Å². The van der Waals surface area contributed by atoms with E-state index in [1.54, 1.807) is 0 Å². The number of anilines is 1. The number of halogens is 1. The fourth-order valence-electron chi connectivity index (χ4n) is 2.78. The highest BCUT2D eigenvalue weighted by Crippen LogP contribution is 2.31. The maximum absolute atomic E-state index is 11.6. The summed E-state index contributed by atoms with van der Waals surface area (Å²) in [6, 6.07) is 6.26. The van der Waals surface area contributed by atoms with Crippen molar-refractivity contribution in [3.63, 3.8) is 0 Å². The van der Waals surface area contributed by atoms with Gasteiger partial charge in [-0.15, -0.1) is 0 Å². The highest BCUT2D eigenvalue weighted by molar-refractivity contribution is 7.91. The van der Waals surface area contributed by atoms with Crippen LogP contribution in [0.5, 0.6) is 0 Å². The molecule has 118 valence electrons. The molecule has 6 heteroatoms. The molecule has 0 bridgehead atoms. The summed E-state index contributed by atoms with van der Waals surface area (Å²) in [6.45, 7) is 5.07. The highest BCUT2D eigenvalue weighted by atomic mass is 35.5. The fourth-order valence-corrected chi connectivity index (χ4v) is 4.88. The predicted octanol–water partition coefficient (Wildman–Crippen LogP) is 2.63. The van der Waals surface area contributed by atoms with Gasteiger partial charge in [-0.25, -0.2) is 8.42 Å². The molecular formula is C15H23ClN2O2S. The molecular weight excluding hydrogens is 308 g/mol. The summed E-state index contributed by atoms with van der Waals surface area (Å²) in [7, 11) is -0.968. The fraction of sp³-hybridized carbons (Fsp3) is 0.600. The van der Waals surface area contributed by atoms with Gasteiger partial charge in [0, 0.05) is 19.1 Å². The van der Waals surface area contributed by atoms with Crippen molar-refractivity contribution in [3.05, 3.63) is 28.8 Å². The van der Waals surface area contributed by atoms with E-state index in [1.807, 2.05) is 24.1 Å². The first-order valence-corrected chi connectivity index (χ1v) is 9.50. The van der Waals surface area contributed by atoms with Crippen LogP contribution in [0.3, 0.4) is 0 Å². The number of sulfone groups is 1. The summed E-state index contributed by atoms with van der Waals surface area (Å²) in [4.78, 5) is 1.99. The lowest BCUT2D eigenvalue weighted by Crippen LogP contribution is -2.32. The van der Waals surface area contributed by atoms with Crippen molar-refractivity contribution < 1.29 is 8.42 Å². The van der Waals surface area contributed by atoms with Crippen LogP contribution < -0.4 is 10.2 Å². The summed E-state index contributed by atoms with van der Waals surface area (Å²) in [5.74, 6) is 0.491. The molecule has 0 aromatic heterocycles. The third-order valence-corrected chi connectivity index (χ3v) is 6.17. The highest BCUT2D eigenvalue weighted by Gasteiger charge is 2.31. The van der Waals surface area contributed by atoms with Crippen LogP contribution in [0.25, 0.3) is 0 Å². The van der Waals surface area contributed by atoms with Gasteiger partial charge in [0.15, 0.2) is 9.84 Å². The first kappa shape index (κ1) is 16.6. The Bertz CT molecular complexity index is 604. The van der Waals surface area contributed by atoms with Gasteiger partial charge >= 0.3 is 0 Å². The zero-order chi connectivity index (χ0) is 15.6. The third kappa shape index (κ3) is 3.90. The first-order valence-electron chi connectivity index (χ1n) is 7.30. The summed E-state index contributed by atoms with van der Waals surface area (Å²) in [5, 5.41) is 4.02. The number of rotatable bonds is 5. The van der Waals surface area contributed by atoms with Crippen LogP contribution in [0, 0.1) is 0 Å². The van der Waals surface area contributed by atoms with Crippen molar-refractivity contribution >= 4 is 27.1 Å². The van der Waals surface area contributed by atoms with Crippen molar-refractivity contribution in [2.24, 2.45) is 0 Å². The van der Waals surface area contributed by atoms with E-state index in [0.29, 0.717) is 11.4 Å². The van der Waals surface area contributed by atoms with Gasteiger partial charge in [0.25, 0.3) is 0 Å². The number of nitrogens with one attached hydrogen (secondary N) is 1. The molecule has 0 aliphatic carbocycles. The molecule has 2 rings (SSSR count). The minimum atomic E-state index is -2.89. The quantitative estimate of drug-likeness (QED) is 0.901. The molecule has 21 heavy (non-hydrogen) atoms. The average molecular weight is 331 g/mol. The van der Waals surface area contributed by atoms with Gasteiger partial charge in [-0.3, -0.25) is 0 Å². The van der Waals surface area contributed by atoms with E-state index in [-0.39, 0.29) is 23.6 Å². The molecule has 0 radical (unpaired) electrons. The Morgan fingerprint density at radius 3 is 2.71 bits per heavy atom. The summed E-state index contributed by atoms with van der Waals surface area (Å²) in [5.41, 5.74) is 2.03. The summed E-state index contributed by atoms with van der Waals surface area (Å²) in [6.07, 6.45) is 0.671. The molecule has 0 saturated carbocycles. The third-order valence-electron chi connectivity index (χ3n) is 4.12. The van der Waals surface area contributed by atoms with E-state index in [0.717, 1.165) is 17.8 Å². The van der Waals surface area contributed by atoms with Crippen LogP contribution in [-0.4, -0.2) is 39.6 Å². The maximum atomic E-state index is 11.6. The minimum Gasteiger partial charge on any atom is -0.369 e. The molecule has 1 fully saturated rings. The monoisotopic (exact) mass is 330 g/mol. The second kappa shape index (κ2) is 6.55. The molecule has 0 amide bonds. The van der Waals surface area contributed by atoms with Crippen LogP contribution in [0.2, 0.25) is 5.02 Å². The lowest BCUT2D eigenvalue weighted by atomic mass is 10.1. The second-order valence-electron chi connectivity index (χ2n) is 5.66. The minimum absolute atomic E-state index is 0.0181. The Hall–Kier alpha value is -0.780. The molecule has 4 nitrogen and oxygen atoms in total. The van der Waals surface area contributed by atoms with Gasteiger partial charge in [0.1, 0.15) is 0 Å². The van der Waals surface area contributed by atoms with E-state index in [4.69, 9.17) is 11.6 Å². The van der Waals surface area contributed by atoms with E-state index in [2.05, 4.69) is 25.2 Å². The molecule has 1 saturated heterocycles. The van der Waals surface area contributed by atoms with E-state index in [9.17, 15) is 8.42 Å². The van der Waals surface area contributed by atoms with Crippen molar-refractivity contribution in [1.29, 1.82) is 0 Å². The lowest BCUT2D eigenvalue weighted by Gasteiger charge is -2.27. The van der Waals surface area contributed by atoms with Crippen molar-refractivity contribution in [2.45, 2.75) is 32.4 Å². The molecule has 1 heterocycles. The van der Waals surface area contributed by atoms with Crippen LogP contribution >= 0.6 is 11.6 Å². The predicted molar refractivity (Wildman–Crippen MR) is 89.0 cm³/mol. The zero-order valence-electron chi connectivity index (χ0n) is 12.8. The van der Waals surface area contributed by atoms with Gasteiger partial charge in [0.05, 0.1) is 22.2 Å². The normalized spacial score (nSPS) is 22.2. The van der Waals surface area contributed by atoms with Crippen molar-refractivity contribution in [1.82, 2.24) is 5.32 Å². The van der Waals surface area contributed by atoms with Gasteiger partial charge in [-0.05, 0) is 37.6 Å². The molecule has 0 spiro atoms. The van der Waals surface area contributed by atoms with Crippen LogP contribution in [0.15, 0.2) is 18.2 Å². The molecule has 1 N–H and O–H groups in total. The summed E-state index contributed by atoms with van der Waals surface area (Å²) < 4.78 is 23.2. The maximum Gasteiger partial charge on any atom is 0.152 e. The van der Waals surface area contributed by atoms with Crippen molar-refractivity contribution in [3.8, 4) is 0 Å². The Kier molecular flexibility index (Phi) is 5.17. The smallest absolute Gasteiger partial charge is 0.152 e. The molecule has 2 atom stereocenters. The molecule has 1 aliphatic heterocycles. The molecule has 1 aromatic rings. The van der Waals surface area contributed by atoms with E-state index in [1.165, 1.54) is 0 Å². The second-order valence-corrected chi connectivity index (χ2v) is 8.29. The SMILES string of the molecule is CCNC(C)c1ccc(N(C)C2CCS(=O)(=O)C2)c(Cl)c1. The number of benzene rings is 1. The van der Waals surface area contributed by atoms with E-state index >= 15 is 0 Å². The van der Waals surface area contributed by atoms with Gasteiger partial charge in [-0.2, -0.15) is 0 Å². The number of hydrogen-bond donors (Lipinski definition) is 1. The average Bonchev–Trinajstić information content (AvgIpc) is 2.78. The van der Waals surface area contributed by atoms with E-state index < -0.39 is 9.84 Å². The van der Waals surface area contributed by atoms with Crippen molar-refractivity contribution in [2.75, 3.05) is 30.0 Å². The molecule has 2 unspecified atom stereocenters. The molecule has 1 aliphatic rings. The molecule has 1 aromatic carbocycles. The lowest BCUT2D eigenvalue weighted by molar-refractivity contribution is 0.598. The first-order chi connectivity index (χ1) is 9.84. The van der Waals surface area contributed by atoms with Crippen LogP contribution in [0.4, 0.5) is 5.69 Å². The Morgan fingerprint density at radius 2 is 2.19 bits per heavy atom. The number of nitrogens with zero attached hydrogens (tertiary/aromatic N) is 1. The summed E-state index contributed by atoms with van der Waals surface area (Å²) >= 11 is 6.40. The Morgan fingerprint density at radius 1 is 1.48 bits per heavy atom. The zero-order valence-corrected chi connectivity index (χ0v) is 14.3. The standard InChI is InChI=1S/C15H23ClN2O2S/c1-4-17-11(2)12-5-6-15(14(16)9-12)18(3)13-7-8-21(19,20)10-13/h5-6,9,11,13,17H,4,7-8,10H2,1-3H3. The number of hydrogen-bond acceptors (Lipinski definition) is 4. The van der Waals surface area contributed by atoms with Gasteiger partial charge < -0.3 is 10.2 Å². The largest absolute Gasteiger partial charge is 0.369 e. The topological polar surface area (TPSA) is 49.4 Å². The Labute approximate surface area is 132 Å².